The highest BCUT2D eigenvalue weighted by molar-refractivity contribution is 5.50. The van der Waals surface area contributed by atoms with Crippen molar-refractivity contribution in [2.75, 3.05) is 27.4 Å². The molecule has 0 N–H and O–H groups in total. The number of nitriles is 1. The number of benzene rings is 1. The molecule has 1 heterocycles. The standard InChI is InChI=1S/C16H19FN4O5/c1-5-25-15(23-3)9-26-14-7-13(12(17)6-11(14)8-18)20-16(22)21(24-4)10(2)19-20/h6-7,15H,5,9H2,1-4H3. The summed E-state index contributed by atoms with van der Waals surface area (Å²) >= 11 is 0. The molecule has 2 rings (SSSR count). The first kappa shape index (κ1) is 19.4. The van der Waals surface area contributed by atoms with Crippen LogP contribution in [0.3, 0.4) is 0 Å². The second kappa shape index (κ2) is 8.46. The fourth-order valence-electron chi connectivity index (χ4n) is 2.26. The number of ether oxygens (including phenoxy) is 3. The summed E-state index contributed by atoms with van der Waals surface area (Å²) in [5, 5.41) is 13.2. The van der Waals surface area contributed by atoms with Gasteiger partial charge in [-0.05, 0) is 19.9 Å². The van der Waals surface area contributed by atoms with Gasteiger partial charge in [0.2, 0.25) is 0 Å². The first-order valence-electron chi connectivity index (χ1n) is 7.71. The van der Waals surface area contributed by atoms with Gasteiger partial charge in [-0.2, -0.15) is 9.94 Å². The van der Waals surface area contributed by atoms with Gasteiger partial charge < -0.3 is 19.0 Å². The molecule has 0 aliphatic heterocycles. The van der Waals surface area contributed by atoms with E-state index in [0.29, 0.717) is 6.61 Å². The molecule has 1 unspecified atom stereocenters. The molecule has 10 heteroatoms. The van der Waals surface area contributed by atoms with Crippen LogP contribution in [0.15, 0.2) is 16.9 Å². The maximum absolute atomic E-state index is 14.4. The Hall–Kier alpha value is -2.90. The Bertz CT molecular complexity index is 871. The Balaban J connectivity index is 2.44. The minimum atomic E-state index is -0.801. The number of hydrogen-bond donors (Lipinski definition) is 0. The second-order valence-electron chi connectivity index (χ2n) is 5.06. The van der Waals surface area contributed by atoms with Gasteiger partial charge in [0.05, 0.1) is 5.56 Å². The lowest BCUT2D eigenvalue weighted by Crippen LogP contribution is -2.28. The van der Waals surface area contributed by atoms with Crippen molar-refractivity contribution in [3.8, 4) is 17.5 Å². The highest BCUT2D eigenvalue weighted by Crippen LogP contribution is 2.25. The van der Waals surface area contributed by atoms with Crippen LogP contribution in [-0.4, -0.2) is 48.2 Å². The van der Waals surface area contributed by atoms with Gasteiger partial charge in [-0.25, -0.2) is 9.18 Å². The van der Waals surface area contributed by atoms with E-state index in [9.17, 15) is 14.4 Å². The van der Waals surface area contributed by atoms with E-state index in [-0.39, 0.29) is 29.4 Å². The Morgan fingerprint density at radius 2 is 2.12 bits per heavy atom. The smallest absolute Gasteiger partial charge is 0.384 e. The fourth-order valence-corrected chi connectivity index (χ4v) is 2.26. The predicted molar refractivity (Wildman–Crippen MR) is 87.7 cm³/mol. The maximum atomic E-state index is 14.4. The van der Waals surface area contributed by atoms with E-state index in [1.807, 2.05) is 6.07 Å². The van der Waals surface area contributed by atoms with E-state index in [1.54, 1.807) is 6.92 Å². The summed E-state index contributed by atoms with van der Waals surface area (Å²) in [4.78, 5) is 17.2. The predicted octanol–water partition coefficient (Wildman–Crippen LogP) is 0.799. The van der Waals surface area contributed by atoms with Crippen molar-refractivity contribution in [3.05, 3.63) is 39.8 Å². The molecule has 0 bridgehead atoms. The zero-order valence-corrected chi connectivity index (χ0v) is 14.9. The van der Waals surface area contributed by atoms with Crippen LogP contribution in [0.25, 0.3) is 5.69 Å². The molecule has 0 spiro atoms. The topological polar surface area (TPSA) is 101 Å². The lowest BCUT2D eigenvalue weighted by molar-refractivity contribution is -0.137. The van der Waals surface area contributed by atoms with Crippen molar-refractivity contribution in [1.29, 1.82) is 5.26 Å². The number of halogens is 1. The van der Waals surface area contributed by atoms with Crippen LogP contribution in [0.1, 0.15) is 18.3 Å². The van der Waals surface area contributed by atoms with Gasteiger partial charge in [0.15, 0.2) is 17.9 Å². The van der Waals surface area contributed by atoms with E-state index in [1.165, 1.54) is 27.2 Å². The normalized spacial score (nSPS) is 11.8. The zero-order valence-electron chi connectivity index (χ0n) is 14.9. The molecule has 1 aromatic carbocycles. The maximum Gasteiger partial charge on any atom is 0.384 e. The van der Waals surface area contributed by atoms with Gasteiger partial charge >= 0.3 is 5.69 Å². The Morgan fingerprint density at radius 3 is 2.65 bits per heavy atom. The molecule has 9 nitrogen and oxygen atoms in total. The van der Waals surface area contributed by atoms with Gasteiger partial charge in [-0.1, -0.05) is 0 Å². The molecular weight excluding hydrogens is 347 g/mol. The summed E-state index contributed by atoms with van der Waals surface area (Å²) in [6, 6.07) is 4.04. The molecule has 0 saturated carbocycles. The Morgan fingerprint density at radius 1 is 1.38 bits per heavy atom. The van der Waals surface area contributed by atoms with E-state index in [4.69, 9.17) is 19.0 Å². The molecule has 0 aliphatic carbocycles. The number of aromatic nitrogens is 3. The van der Waals surface area contributed by atoms with Crippen molar-refractivity contribution in [3.63, 3.8) is 0 Å². The minimum Gasteiger partial charge on any atom is -0.487 e. The second-order valence-corrected chi connectivity index (χ2v) is 5.06. The van der Waals surface area contributed by atoms with Crippen LogP contribution in [0.2, 0.25) is 0 Å². The van der Waals surface area contributed by atoms with Gasteiger partial charge in [-0.15, -0.1) is 9.83 Å². The van der Waals surface area contributed by atoms with Crippen LogP contribution >= 0.6 is 0 Å². The number of nitrogens with zero attached hydrogens (tertiary/aromatic N) is 4. The minimum absolute atomic E-state index is 0.0233. The van der Waals surface area contributed by atoms with Crippen molar-refractivity contribution < 1.29 is 23.4 Å². The third-order valence-corrected chi connectivity index (χ3v) is 3.46. The molecule has 26 heavy (non-hydrogen) atoms. The van der Waals surface area contributed by atoms with Crippen LogP contribution < -0.4 is 15.3 Å². The molecular formula is C16H19FN4O5. The van der Waals surface area contributed by atoms with Gasteiger partial charge in [0.25, 0.3) is 0 Å². The van der Waals surface area contributed by atoms with Crippen LogP contribution in [-0.2, 0) is 9.47 Å². The lowest BCUT2D eigenvalue weighted by atomic mass is 10.2. The molecule has 1 atom stereocenters. The Labute approximate surface area is 149 Å². The van der Waals surface area contributed by atoms with Gasteiger partial charge in [-0.3, -0.25) is 0 Å². The van der Waals surface area contributed by atoms with Crippen LogP contribution in [0.4, 0.5) is 4.39 Å². The number of aryl methyl sites for hydroxylation is 1. The average Bonchev–Trinajstić information content (AvgIpc) is 2.92. The zero-order chi connectivity index (χ0) is 19.3. The summed E-state index contributed by atoms with van der Waals surface area (Å²) in [7, 11) is 2.74. The van der Waals surface area contributed by atoms with E-state index < -0.39 is 17.8 Å². The van der Waals surface area contributed by atoms with Gasteiger partial charge in [0.1, 0.15) is 31.2 Å². The average molecular weight is 366 g/mol. The molecule has 2 aromatic rings. The van der Waals surface area contributed by atoms with Gasteiger partial charge in [0, 0.05) is 19.8 Å². The number of rotatable bonds is 8. The summed E-state index contributed by atoms with van der Waals surface area (Å²) < 4.78 is 32.1. The number of methoxy groups -OCH3 is 1. The SMILES string of the molecule is CCOC(COc1cc(-n2nc(C)n(OC)c2=O)c(F)cc1C#N)OC. The molecule has 1 aromatic heterocycles. The lowest BCUT2D eigenvalue weighted by Gasteiger charge is -2.17. The molecule has 0 aliphatic rings. The summed E-state index contributed by atoms with van der Waals surface area (Å²) in [5.41, 5.74) is -0.898. The summed E-state index contributed by atoms with van der Waals surface area (Å²) in [5.74, 6) is -0.494. The molecule has 0 radical (unpaired) electrons. The monoisotopic (exact) mass is 366 g/mol. The first-order valence-corrected chi connectivity index (χ1v) is 7.71. The highest BCUT2D eigenvalue weighted by Gasteiger charge is 2.19. The third-order valence-electron chi connectivity index (χ3n) is 3.46. The quantitative estimate of drug-likeness (QED) is 0.637. The third kappa shape index (κ3) is 3.84. The van der Waals surface area contributed by atoms with E-state index in [0.717, 1.165) is 15.5 Å². The fraction of sp³-hybridized carbons (Fsp3) is 0.438. The molecule has 140 valence electrons. The summed E-state index contributed by atoms with van der Waals surface area (Å²) in [6.07, 6.45) is -0.655. The summed E-state index contributed by atoms with van der Waals surface area (Å²) in [6.45, 7) is 3.71. The van der Waals surface area contributed by atoms with E-state index >= 15 is 0 Å². The van der Waals surface area contributed by atoms with Crippen molar-refractivity contribution >= 4 is 0 Å². The van der Waals surface area contributed by atoms with E-state index in [2.05, 4.69) is 5.10 Å². The van der Waals surface area contributed by atoms with Crippen LogP contribution in [0.5, 0.6) is 5.75 Å². The van der Waals surface area contributed by atoms with Crippen molar-refractivity contribution in [2.24, 2.45) is 0 Å². The molecule has 0 amide bonds. The largest absolute Gasteiger partial charge is 0.487 e. The number of hydrogen-bond acceptors (Lipinski definition) is 7. The van der Waals surface area contributed by atoms with Crippen LogP contribution in [0, 0.1) is 24.1 Å². The molecule has 0 saturated heterocycles. The highest BCUT2D eigenvalue weighted by atomic mass is 19.1. The first-order chi connectivity index (χ1) is 12.5. The van der Waals surface area contributed by atoms with Crippen molar-refractivity contribution in [1.82, 2.24) is 14.5 Å². The molecule has 0 fully saturated rings. The Kier molecular flexibility index (Phi) is 6.32. The van der Waals surface area contributed by atoms with Crippen molar-refractivity contribution in [2.45, 2.75) is 20.1 Å².